The van der Waals surface area contributed by atoms with Crippen molar-refractivity contribution < 1.29 is 9.53 Å². The van der Waals surface area contributed by atoms with E-state index in [0.717, 1.165) is 38.9 Å². The molecule has 0 bridgehead atoms. The molecule has 0 aliphatic carbocycles. The molecule has 104 valence electrons. The van der Waals surface area contributed by atoms with Crippen LogP contribution in [0.15, 0.2) is 0 Å². The Hall–Kier alpha value is -0.610. The fraction of sp³-hybridized carbons (Fsp3) is 0.929. The molecular formula is C14H26N2O2. The first kappa shape index (κ1) is 13.8. The summed E-state index contributed by atoms with van der Waals surface area (Å²) in [7, 11) is 1.75. The number of carbonyl (C=O) groups excluding carboxylic acids is 1. The summed E-state index contributed by atoms with van der Waals surface area (Å²) >= 11 is 0. The zero-order valence-electron chi connectivity index (χ0n) is 11.8. The Labute approximate surface area is 110 Å². The van der Waals surface area contributed by atoms with Gasteiger partial charge >= 0.3 is 0 Å². The minimum atomic E-state index is 0.210. The van der Waals surface area contributed by atoms with Gasteiger partial charge in [0.1, 0.15) is 0 Å². The molecule has 4 heteroatoms. The minimum absolute atomic E-state index is 0.210. The molecule has 2 rings (SSSR count). The van der Waals surface area contributed by atoms with Gasteiger partial charge in [-0.15, -0.1) is 0 Å². The molecule has 0 aromatic rings. The third-order valence-electron chi connectivity index (χ3n) is 4.48. The van der Waals surface area contributed by atoms with Crippen molar-refractivity contribution in [2.45, 2.75) is 45.3 Å². The average Bonchev–Trinajstić information content (AvgIpc) is 2.38. The number of likely N-dealkylation sites (tertiary alicyclic amines) is 1. The Balaban J connectivity index is 1.92. The Morgan fingerprint density at radius 2 is 2.11 bits per heavy atom. The molecule has 0 aromatic carbocycles. The van der Waals surface area contributed by atoms with E-state index in [1.807, 2.05) is 4.90 Å². The first-order chi connectivity index (χ1) is 8.61. The average molecular weight is 254 g/mol. The Bertz CT molecular complexity index is 296. The summed E-state index contributed by atoms with van der Waals surface area (Å²) in [6.45, 7) is 7.01. The van der Waals surface area contributed by atoms with Gasteiger partial charge in [-0.2, -0.15) is 0 Å². The van der Waals surface area contributed by atoms with Crippen LogP contribution in [0.1, 0.15) is 33.1 Å². The third kappa shape index (κ3) is 3.04. The second kappa shape index (κ2) is 6.02. The molecule has 2 fully saturated rings. The van der Waals surface area contributed by atoms with Gasteiger partial charge in [0.05, 0.1) is 6.10 Å². The summed E-state index contributed by atoms with van der Waals surface area (Å²) in [6, 6.07) is 0.467. The van der Waals surface area contributed by atoms with Gasteiger partial charge in [0.25, 0.3) is 0 Å². The fourth-order valence-corrected chi connectivity index (χ4v) is 3.16. The van der Waals surface area contributed by atoms with Gasteiger partial charge in [-0.1, -0.05) is 6.92 Å². The molecule has 0 saturated carbocycles. The number of hydrogen-bond acceptors (Lipinski definition) is 3. The van der Waals surface area contributed by atoms with Crippen LogP contribution in [0, 0.1) is 11.8 Å². The number of amides is 1. The van der Waals surface area contributed by atoms with E-state index in [4.69, 9.17) is 4.74 Å². The molecule has 2 heterocycles. The summed E-state index contributed by atoms with van der Waals surface area (Å²) in [5.41, 5.74) is 0. The zero-order chi connectivity index (χ0) is 13.1. The van der Waals surface area contributed by atoms with Crippen molar-refractivity contribution >= 4 is 5.91 Å². The molecule has 0 aromatic heterocycles. The molecular weight excluding hydrogens is 228 g/mol. The molecule has 4 unspecified atom stereocenters. The lowest BCUT2D eigenvalue weighted by atomic mass is 9.89. The van der Waals surface area contributed by atoms with Crippen LogP contribution in [0.3, 0.4) is 0 Å². The monoisotopic (exact) mass is 254 g/mol. The van der Waals surface area contributed by atoms with Crippen LogP contribution in [0.2, 0.25) is 0 Å². The van der Waals surface area contributed by atoms with E-state index in [1.54, 1.807) is 7.11 Å². The highest BCUT2D eigenvalue weighted by Crippen LogP contribution is 2.24. The lowest BCUT2D eigenvalue weighted by molar-refractivity contribution is -0.141. The first-order valence-electron chi connectivity index (χ1n) is 7.16. The molecule has 4 nitrogen and oxygen atoms in total. The van der Waals surface area contributed by atoms with E-state index in [-0.39, 0.29) is 12.0 Å². The van der Waals surface area contributed by atoms with E-state index in [2.05, 4.69) is 19.2 Å². The van der Waals surface area contributed by atoms with Crippen molar-refractivity contribution in [2.24, 2.45) is 11.8 Å². The van der Waals surface area contributed by atoms with Crippen LogP contribution < -0.4 is 5.32 Å². The number of hydrogen-bond donors (Lipinski definition) is 1. The van der Waals surface area contributed by atoms with Gasteiger partial charge in [-0.05, 0) is 38.6 Å². The molecule has 2 aliphatic heterocycles. The SMILES string of the molecule is COC1CN(C(=O)C2CCNC(C)C2)CCC1C. The summed E-state index contributed by atoms with van der Waals surface area (Å²) in [6.07, 6.45) is 3.22. The predicted octanol–water partition coefficient (Wildman–Crippen LogP) is 1.26. The zero-order valence-corrected chi connectivity index (χ0v) is 11.8. The van der Waals surface area contributed by atoms with E-state index >= 15 is 0 Å². The third-order valence-corrected chi connectivity index (χ3v) is 4.48. The van der Waals surface area contributed by atoms with Crippen LogP contribution in [0.5, 0.6) is 0 Å². The molecule has 4 atom stereocenters. The van der Waals surface area contributed by atoms with Crippen molar-refractivity contribution in [3.8, 4) is 0 Å². The van der Waals surface area contributed by atoms with Crippen molar-refractivity contribution in [1.82, 2.24) is 10.2 Å². The normalized spacial score (nSPS) is 37.6. The highest BCUT2D eigenvalue weighted by atomic mass is 16.5. The number of nitrogens with one attached hydrogen (secondary N) is 1. The molecule has 0 radical (unpaired) electrons. The lowest BCUT2D eigenvalue weighted by Crippen LogP contribution is -2.50. The number of piperidine rings is 2. The van der Waals surface area contributed by atoms with E-state index in [1.165, 1.54) is 0 Å². The highest BCUT2D eigenvalue weighted by Gasteiger charge is 2.33. The number of nitrogens with zero attached hydrogens (tertiary/aromatic N) is 1. The minimum Gasteiger partial charge on any atom is -0.379 e. The maximum Gasteiger partial charge on any atom is 0.225 e. The van der Waals surface area contributed by atoms with Gasteiger partial charge in [0.2, 0.25) is 5.91 Å². The van der Waals surface area contributed by atoms with Crippen molar-refractivity contribution in [1.29, 1.82) is 0 Å². The van der Waals surface area contributed by atoms with Crippen molar-refractivity contribution in [3.05, 3.63) is 0 Å². The van der Waals surface area contributed by atoms with Crippen LogP contribution in [-0.4, -0.2) is 49.7 Å². The van der Waals surface area contributed by atoms with Gasteiger partial charge in [0, 0.05) is 32.2 Å². The second-order valence-electron chi connectivity index (χ2n) is 5.90. The van der Waals surface area contributed by atoms with Gasteiger partial charge in [-0.3, -0.25) is 4.79 Å². The molecule has 18 heavy (non-hydrogen) atoms. The second-order valence-corrected chi connectivity index (χ2v) is 5.90. The Morgan fingerprint density at radius 3 is 2.78 bits per heavy atom. The molecule has 2 aliphatic rings. The van der Waals surface area contributed by atoms with Gasteiger partial charge in [0.15, 0.2) is 0 Å². The van der Waals surface area contributed by atoms with Crippen molar-refractivity contribution in [2.75, 3.05) is 26.7 Å². The van der Waals surface area contributed by atoms with Gasteiger partial charge in [-0.25, -0.2) is 0 Å². The van der Waals surface area contributed by atoms with Crippen molar-refractivity contribution in [3.63, 3.8) is 0 Å². The summed E-state index contributed by atoms with van der Waals surface area (Å²) in [4.78, 5) is 14.5. The predicted molar refractivity (Wildman–Crippen MR) is 71.3 cm³/mol. The smallest absolute Gasteiger partial charge is 0.225 e. The maximum atomic E-state index is 12.5. The topological polar surface area (TPSA) is 41.6 Å². The quantitative estimate of drug-likeness (QED) is 0.806. The van der Waals surface area contributed by atoms with Gasteiger partial charge < -0.3 is 15.0 Å². The summed E-state index contributed by atoms with van der Waals surface area (Å²) < 4.78 is 5.49. The number of rotatable bonds is 2. The van der Waals surface area contributed by atoms with Crippen LogP contribution in [0.25, 0.3) is 0 Å². The fourth-order valence-electron chi connectivity index (χ4n) is 3.16. The van der Waals surface area contributed by atoms with E-state index in [9.17, 15) is 4.79 Å². The lowest BCUT2D eigenvalue weighted by Gasteiger charge is -2.39. The Morgan fingerprint density at radius 1 is 1.33 bits per heavy atom. The first-order valence-corrected chi connectivity index (χ1v) is 7.16. The molecule has 2 saturated heterocycles. The molecule has 1 amide bonds. The number of ether oxygens (including phenoxy) is 1. The van der Waals surface area contributed by atoms with Crippen LogP contribution in [0.4, 0.5) is 0 Å². The maximum absolute atomic E-state index is 12.5. The number of methoxy groups -OCH3 is 1. The van der Waals surface area contributed by atoms with E-state index < -0.39 is 0 Å². The standard InChI is InChI=1S/C14H26N2O2/c1-10-5-7-16(9-13(10)18-3)14(17)12-4-6-15-11(2)8-12/h10-13,15H,4-9H2,1-3H3. The molecule has 0 spiro atoms. The molecule has 1 N–H and O–H groups in total. The number of carbonyl (C=O) groups is 1. The van der Waals surface area contributed by atoms with E-state index in [0.29, 0.717) is 17.9 Å². The largest absolute Gasteiger partial charge is 0.379 e. The van der Waals surface area contributed by atoms with Crippen LogP contribution in [-0.2, 0) is 9.53 Å². The summed E-state index contributed by atoms with van der Waals surface area (Å²) in [5.74, 6) is 1.12. The van der Waals surface area contributed by atoms with Crippen LogP contribution >= 0.6 is 0 Å². The Kier molecular flexibility index (Phi) is 4.62. The summed E-state index contributed by atoms with van der Waals surface area (Å²) in [5, 5.41) is 3.40. The highest BCUT2D eigenvalue weighted by molar-refractivity contribution is 5.79.